The van der Waals surface area contributed by atoms with Crippen LogP contribution in [0.3, 0.4) is 0 Å². The molecular weight excluding hydrogens is 314 g/mol. The third-order valence-corrected chi connectivity index (χ3v) is 5.34. The number of hydrogen-bond donors (Lipinski definition) is 1. The van der Waals surface area contributed by atoms with Crippen LogP contribution in [0.4, 0.5) is 5.69 Å². The summed E-state index contributed by atoms with van der Waals surface area (Å²) in [5, 5.41) is 3.31. The number of hydrogen-bond acceptors (Lipinski definition) is 3. The molecule has 0 atom stereocenters. The number of para-hydroxylation sites is 1. The van der Waals surface area contributed by atoms with Crippen molar-refractivity contribution in [1.29, 1.82) is 0 Å². The molecule has 5 nitrogen and oxygen atoms in total. The monoisotopic (exact) mass is 343 g/mol. The molecule has 0 unspecified atom stereocenters. The number of piperazine rings is 1. The fourth-order valence-electron chi connectivity index (χ4n) is 3.75. The van der Waals surface area contributed by atoms with Crippen molar-refractivity contribution in [2.24, 2.45) is 5.92 Å². The Morgan fingerprint density at radius 1 is 1.16 bits per heavy atom. The molecule has 136 valence electrons. The Balaban J connectivity index is 1.61. The van der Waals surface area contributed by atoms with E-state index in [1.54, 1.807) is 0 Å². The molecule has 1 aliphatic carbocycles. The summed E-state index contributed by atoms with van der Waals surface area (Å²) >= 11 is 0. The summed E-state index contributed by atoms with van der Waals surface area (Å²) in [6.45, 7) is 10.4. The lowest BCUT2D eigenvalue weighted by Crippen LogP contribution is -2.63. The minimum atomic E-state index is -0.331. The lowest BCUT2D eigenvalue weighted by molar-refractivity contribution is -0.147. The molecule has 0 bridgehead atoms. The van der Waals surface area contributed by atoms with E-state index in [0.29, 0.717) is 19.6 Å². The maximum atomic E-state index is 12.8. The molecule has 5 heteroatoms. The number of carbonyl (C=O) groups excluding carboxylic acids is 2. The van der Waals surface area contributed by atoms with Crippen molar-refractivity contribution in [2.75, 3.05) is 31.5 Å². The quantitative estimate of drug-likeness (QED) is 0.914. The standard InChI is InChI=1S/C20H29N3O2/c1-14-6-5-7-15(2)18(14)21-12-17(24)23-11-10-22(13-20(23,3)4)19(25)16-8-9-16/h5-7,16,21H,8-13H2,1-4H3. The second-order valence-electron chi connectivity index (χ2n) is 8.01. The first-order chi connectivity index (χ1) is 11.8. The van der Waals surface area contributed by atoms with Gasteiger partial charge in [0.1, 0.15) is 0 Å². The summed E-state index contributed by atoms with van der Waals surface area (Å²) in [6.07, 6.45) is 2.05. The van der Waals surface area contributed by atoms with Gasteiger partial charge in [-0.05, 0) is 51.7 Å². The van der Waals surface area contributed by atoms with E-state index in [2.05, 4.69) is 19.2 Å². The number of benzene rings is 1. The summed E-state index contributed by atoms with van der Waals surface area (Å²) in [6, 6.07) is 6.12. The fourth-order valence-corrected chi connectivity index (χ4v) is 3.75. The van der Waals surface area contributed by atoms with E-state index in [4.69, 9.17) is 0 Å². The molecule has 1 N–H and O–H groups in total. The van der Waals surface area contributed by atoms with Gasteiger partial charge in [-0.25, -0.2) is 0 Å². The van der Waals surface area contributed by atoms with Gasteiger partial charge in [-0.3, -0.25) is 9.59 Å². The Morgan fingerprint density at radius 2 is 1.80 bits per heavy atom. The Labute approximate surface area is 150 Å². The largest absolute Gasteiger partial charge is 0.376 e. The average Bonchev–Trinajstić information content (AvgIpc) is 3.37. The molecule has 1 aromatic rings. The highest BCUT2D eigenvalue weighted by Crippen LogP contribution is 2.33. The normalized spacial score (nSPS) is 19.7. The van der Waals surface area contributed by atoms with Gasteiger partial charge in [-0.1, -0.05) is 18.2 Å². The first-order valence-corrected chi connectivity index (χ1v) is 9.19. The second kappa shape index (κ2) is 6.70. The molecule has 1 aliphatic heterocycles. The lowest BCUT2D eigenvalue weighted by Gasteiger charge is -2.47. The van der Waals surface area contributed by atoms with Crippen molar-refractivity contribution in [3.63, 3.8) is 0 Å². The molecule has 2 fully saturated rings. The first kappa shape index (κ1) is 17.8. The fraction of sp³-hybridized carbons (Fsp3) is 0.600. The lowest BCUT2D eigenvalue weighted by atomic mass is 9.98. The summed E-state index contributed by atoms with van der Waals surface area (Å²) in [4.78, 5) is 29.0. The summed E-state index contributed by atoms with van der Waals surface area (Å²) in [7, 11) is 0. The van der Waals surface area contributed by atoms with Crippen LogP contribution in [0.25, 0.3) is 0 Å². The van der Waals surface area contributed by atoms with E-state index in [1.165, 1.54) is 0 Å². The van der Waals surface area contributed by atoms with E-state index >= 15 is 0 Å². The predicted octanol–water partition coefficient (Wildman–Crippen LogP) is 2.57. The van der Waals surface area contributed by atoms with Crippen LogP contribution in [0.1, 0.15) is 37.8 Å². The van der Waals surface area contributed by atoms with Gasteiger partial charge in [0.2, 0.25) is 11.8 Å². The molecule has 3 rings (SSSR count). The van der Waals surface area contributed by atoms with Gasteiger partial charge in [0.25, 0.3) is 0 Å². The molecule has 0 aromatic heterocycles. The Morgan fingerprint density at radius 3 is 2.36 bits per heavy atom. The third-order valence-electron chi connectivity index (χ3n) is 5.34. The third kappa shape index (κ3) is 3.80. The molecule has 1 heterocycles. The van der Waals surface area contributed by atoms with Crippen LogP contribution < -0.4 is 5.32 Å². The maximum Gasteiger partial charge on any atom is 0.242 e. The van der Waals surface area contributed by atoms with Crippen molar-refractivity contribution in [1.82, 2.24) is 9.80 Å². The predicted molar refractivity (Wildman–Crippen MR) is 99.5 cm³/mol. The van der Waals surface area contributed by atoms with Crippen molar-refractivity contribution in [2.45, 2.75) is 46.1 Å². The SMILES string of the molecule is Cc1cccc(C)c1NCC(=O)N1CCN(C(=O)C2CC2)CC1(C)C. The molecule has 2 aliphatic rings. The summed E-state index contributed by atoms with van der Waals surface area (Å²) in [5.41, 5.74) is 3.00. The molecule has 1 saturated heterocycles. The molecule has 25 heavy (non-hydrogen) atoms. The number of rotatable bonds is 4. The van der Waals surface area contributed by atoms with Crippen molar-refractivity contribution >= 4 is 17.5 Å². The van der Waals surface area contributed by atoms with Gasteiger partial charge in [-0.2, -0.15) is 0 Å². The highest BCUT2D eigenvalue weighted by atomic mass is 16.2. The number of nitrogens with zero attached hydrogens (tertiary/aromatic N) is 2. The van der Waals surface area contributed by atoms with Crippen LogP contribution in [0.5, 0.6) is 0 Å². The highest BCUT2D eigenvalue weighted by molar-refractivity contribution is 5.84. The second-order valence-corrected chi connectivity index (χ2v) is 8.01. The zero-order chi connectivity index (χ0) is 18.2. The van der Waals surface area contributed by atoms with E-state index in [1.807, 2.05) is 41.8 Å². The Bertz CT molecular complexity index is 659. The molecule has 0 spiro atoms. The van der Waals surface area contributed by atoms with E-state index in [-0.39, 0.29) is 29.8 Å². The van der Waals surface area contributed by atoms with Gasteiger partial charge in [-0.15, -0.1) is 0 Å². The van der Waals surface area contributed by atoms with Crippen LogP contribution >= 0.6 is 0 Å². The smallest absolute Gasteiger partial charge is 0.242 e. The van der Waals surface area contributed by atoms with Gasteiger partial charge in [0.15, 0.2) is 0 Å². The van der Waals surface area contributed by atoms with E-state index in [0.717, 1.165) is 29.7 Å². The summed E-state index contributed by atoms with van der Waals surface area (Å²) < 4.78 is 0. The number of carbonyl (C=O) groups is 2. The number of anilines is 1. The van der Waals surface area contributed by atoms with Crippen LogP contribution in [0.15, 0.2) is 18.2 Å². The molecule has 2 amide bonds. The van der Waals surface area contributed by atoms with E-state index < -0.39 is 0 Å². The molecule has 1 aromatic carbocycles. The minimum Gasteiger partial charge on any atom is -0.376 e. The van der Waals surface area contributed by atoms with Crippen LogP contribution in [-0.2, 0) is 9.59 Å². The van der Waals surface area contributed by atoms with Gasteiger partial charge >= 0.3 is 0 Å². The maximum absolute atomic E-state index is 12.8. The minimum absolute atomic E-state index is 0.0890. The van der Waals surface area contributed by atoms with E-state index in [9.17, 15) is 9.59 Å². The first-order valence-electron chi connectivity index (χ1n) is 9.19. The average molecular weight is 343 g/mol. The number of aryl methyl sites for hydroxylation is 2. The topological polar surface area (TPSA) is 52.7 Å². The Kier molecular flexibility index (Phi) is 4.76. The van der Waals surface area contributed by atoms with Crippen LogP contribution in [0.2, 0.25) is 0 Å². The van der Waals surface area contributed by atoms with Crippen molar-refractivity contribution < 1.29 is 9.59 Å². The molecule has 0 radical (unpaired) electrons. The van der Waals surface area contributed by atoms with Crippen LogP contribution in [0, 0.1) is 19.8 Å². The molecule has 1 saturated carbocycles. The zero-order valence-electron chi connectivity index (χ0n) is 15.8. The van der Waals surface area contributed by atoms with Gasteiger partial charge in [0.05, 0.1) is 12.1 Å². The number of amides is 2. The molecular formula is C20H29N3O2. The Hall–Kier alpha value is -2.04. The highest BCUT2D eigenvalue weighted by Gasteiger charge is 2.41. The van der Waals surface area contributed by atoms with Crippen molar-refractivity contribution in [3.8, 4) is 0 Å². The van der Waals surface area contributed by atoms with Crippen LogP contribution in [-0.4, -0.2) is 53.3 Å². The van der Waals surface area contributed by atoms with Gasteiger partial charge < -0.3 is 15.1 Å². The zero-order valence-corrected chi connectivity index (χ0v) is 15.8. The number of nitrogens with one attached hydrogen (secondary N) is 1. The van der Waals surface area contributed by atoms with Crippen molar-refractivity contribution in [3.05, 3.63) is 29.3 Å². The van der Waals surface area contributed by atoms with Gasteiger partial charge in [0, 0.05) is 31.2 Å². The summed E-state index contributed by atoms with van der Waals surface area (Å²) in [5.74, 6) is 0.601.